The minimum Gasteiger partial charge on any atom is -0.394 e. The summed E-state index contributed by atoms with van der Waals surface area (Å²) < 4.78 is 0. The first-order valence-electron chi connectivity index (χ1n) is 7.34. The van der Waals surface area contributed by atoms with Gasteiger partial charge >= 0.3 is 0 Å². The van der Waals surface area contributed by atoms with Gasteiger partial charge in [-0.25, -0.2) is 0 Å². The Labute approximate surface area is 131 Å². The Kier molecular flexibility index (Phi) is 5.79. The average molecular weight is 314 g/mol. The molecule has 20 heavy (non-hydrogen) atoms. The van der Waals surface area contributed by atoms with Crippen LogP contribution in [0.4, 0.5) is 0 Å². The van der Waals surface area contributed by atoms with Crippen molar-refractivity contribution in [2.24, 2.45) is 0 Å². The fourth-order valence-electron chi connectivity index (χ4n) is 3.05. The lowest BCUT2D eigenvalue weighted by molar-refractivity contribution is 0.115. The summed E-state index contributed by atoms with van der Waals surface area (Å²) in [5.74, 6) is 0. The molecule has 1 aromatic carbocycles. The van der Waals surface area contributed by atoms with E-state index in [0.717, 1.165) is 17.9 Å². The van der Waals surface area contributed by atoms with Gasteiger partial charge in [0.15, 0.2) is 0 Å². The molecule has 2 unspecified atom stereocenters. The summed E-state index contributed by atoms with van der Waals surface area (Å²) in [5, 5.41) is 14.7. The van der Waals surface area contributed by atoms with Crippen LogP contribution in [0, 0.1) is 0 Å². The van der Waals surface area contributed by atoms with Crippen molar-refractivity contribution >= 4 is 23.4 Å². The third-order valence-corrected chi connectivity index (χ3v) is 5.35. The number of aliphatic hydroxyl groups is 1. The van der Waals surface area contributed by atoms with Crippen molar-refractivity contribution in [2.75, 3.05) is 6.61 Å². The zero-order valence-corrected chi connectivity index (χ0v) is 13.8. The first-order chi connectivity index (χ1) is 9.53. The zero-order chi connectivity index (χ0) is 14.6. The summed E-state index contributed by atoms with van der Waals surface area (Å²) in [6, 6.07) is 8.45. The van der Waals surface area contributed by atoms with Crippen LogP contribution in [-0.2, 0) is 0 Å². The Morgan fingerprint density at radius 3 is 2.70 bits per heavy atom. The smallest absolute Gasteiger partial charge is 0.0613 e. The maximum absolute atomic E-state index is 9.82. The van der Waals surface area contributed by atoms with Crippen molar-refractivity contribution < 1.29 is 5.11 Å². The summed E-state index contributed by atoms with van der Waals surface area (Å²) in [7, 11) is 0. The van der Waals surface area contributed by atoms with Crippen molar-refractivity contribution in [2.45, 2.75) is 61.3 Å². The molecule has 112 valence electrons. The van der Waals surface area contributed by atoms with Gasteiger partial charge in [0.1, 0.15) is 0 Å². The van der Waals surface area contributed by atoms with Crippen LogP contribution >= 0.6 is 23.4 Å². The quantitative estimate of drug-likeness (QED) is 0.858. The third-order valence-electron chi connectivity index (χ3n) is 3.81. The number of benzene rings is 1. The van der Waals surface area contributed by atoms with Gasteiger partial charge in [-0.3, -0.25) is 0 Å². The molecule has 2 rings (SSSR count). The van der Waals surface area contributed by atoms with Crippen molar-refractivity contribution in [1.29, 1.82) is 0 Å². The van der Waals surface area contributed by atoms with Crippen LogP contribution in [0.2, 0.25) is 5.02 Å². The molecule has 2 N–H and O–H groups in total. The van der Waals surface area contributed by atoms with Crippen LogP contribution in [-0.4, -0.2) is 28.5 Å². The van der Waals surface area contributed by atoms with Gasteiger partial charge in [0.05, 0.1) is 6.61 Å². The largest absolute Gasteiger partial charge is 0.394 e. The van der Waals surface area contributed by atoms with Gasteiger partial charge in [0, 0.05) is 26.7 Å². The molecule has 0 saturated heterocycles. The van der Waals surface area contributed by atoms with E-state index in [2.05, 4.69) is 31.3 Å². The fraction of sp³-hybridized carbons (Fsp3) is 0.625. The summed E-state index contributed by atoms with van der Waals surface area (Å²) >= 11 is 7.84. The van der Waals surface area contributed by atoms with Crippen molar-refractivity contribution in [3.63, 3.8) is 0 Å². The molecule has 1 fully saturated rings. The van der Waals surface area contributed by atoms with Crippen LogP contribution in [0.3, 0.4) is 0 Å². The number of aliphatic hydroxyl groups excluding tert-OH is 1. The lowest BCUT2D eigenvalue weighted by atomic mass is 9.81. The third kappa shape index (κ3) is 4.39. The normalized spacial score (nSPS) is 26.9. The minimum atomic E-state index is -0.101. The molecule has 0 spiro atoms. The number of nitrogens with one attached hydrogen (secondary N) is 1. The van der Waals surface area contributed by atoms with Gasteiger partial charge < -0.3 is 10.4 Å². The van der Waals surface area contributed by atoms with E-state index >= 15 is 0 Å². The molecule has 0 amide bonds. The topological polar surface area (TPSA) is 32.3 Å². The van der Waals surface area contributed by atoms with E-state index in [1.54, 1.807) is 0 Å². The second-order valence-corrected chi connectivity index (χ2v) is 7.84. The molecule has 0 bridgehead atoms. The van der Waals surface area contributed by atoms with Gasteiger partial charge in [-0.2, -0.15) is 0 Å². The van der Waals surface area contributed by atoms with Gasteiger partial charge in [-0.05, 0) is 43.5 Å². The maximum Gasteiger partial charge on any atom is 0.0613 e. The van der Waals surface area contributed by atoms with Crippen LogP contribution in [0.25, 0.3) is 0 Å². The molecule has 2 atom stereocenters. The predicted molar refractivity (Wildman–Crippen MR) is 87.7 cm³/mol. The van der Waals surface area contributed by atoms with Gasteiger partial charge in [-0.1, -0.05) is 31.9 Å². The van der Waals surface area contributed by atoms with Gasteiger partial charge in [0.25, 0.3) is 0 Å². The van der Waals surface area contributed by atoms with E-state index in [4.69, 9.17) is 11.6 Å². The van der Waals surface area contributed by atoms with Crippen LogP contribution < -0.4 is 5.32 Å². The number of thioether (sulfide) groups is 1. The second-order valence-electron chi connectivity index (χ2n) is 6.03. The number of halogens is 1. The molecule has 2 nitrogen and oxygen atoms in total. The lowest BCUT2D eigenvalue weighted by Crippen LogP contribution is -2.54. The van der Waals surface area contributed by atoms with Crippen LogP contribution in [0.15, 0.2) is 29.2 Å². The second kappa shape index (κ2) is 7.17. The Morgan fingerprint density at radius 1 is 1.40 bits per heavy atom. The zero-order valence-electron chi connectivity index (χ0n) is 12.2. The Morgan fingerprint density at radius 2 is 2.10 bits per heavy atom. The standard InChI is InChI=1S/C16H24ClNOS/c1-12(2)18-16(11-19)9-3-4-15(10-16)20-14-7-5-13(17)6-8-14/h5-8,12,15,18-19H,3-4,9-11H2,1-2H3. The first-order valence-corrected chi connectivity index (χ1v) is 8.59. The van der Waals surface area contributed by atoms with E-state index in [1.807, 2.05) is 23.9 Å². The van der Waals surface area contributed by atoms with Crippen LogP contribution in [0.5, 0.6) is 0 Å². The Bertz CT molecular complexity index is 423. The number of hydrogen-bond donors (Lipinski definition) is 2. The van der Waals surface area contributed by atoms with Crippen molar-refractivity contribution in [3.8, 4) is 0 Å². The highest BCUT2D eigenvalue weighted by atomic mass is 35.5. The molecular formula is C16H24ClNOS. The molecule has 1 saturated carbocycles. The highest BCUT2D eigenvalue weighted by molar-refractivity contribution is 8.00. The SMILES string of the molecule is CC(C)NC1(CO)CCCC(Sc2ccc(Cl)cc2)C1. The molecule has 0 radical (unpaired) electrons. The summed E-state index contributed by atoms with van der Waals surface area (Å²) in [4.78, 5) is 1.26. The molecule has 1 aliphatic rings. The molecule has 0 aliphatic heterocycles. The van der Waals surface area contributed by atoms with E-state index < -0.39 is 0 Å². The molecule has 0 heterocycles. The minimum absolute atomic E-state index is 0.101. The molecule has 1 aliphatic carbocycles. The van der Waals surface area contributed by atoms with Crippen molar-refractivity contribution in [1.82, 2.24) is 5.32 Å². The summed E-state index contributed by atoms with van der Waals surface area (Å²) in [6.45, 7) is 4.52. The van der Waals surface area contributed by atoms with Gasteiger partial charge in [0.2, 0.25) is 0 Å². The number of hydrogen-bond acceptors (Lipinski definition) is 3. The number of rotatable bonds is 5. The van der Waals surface area contributed by atoms with Gasteiger partial charge in [-0.15, -0.1) is 11.8 Å². The predicted octanol–water partition coefficient (Wildman–Crippen LogP) is 4.10. The maximum atomic E-state index is 9.82. The summed E-state index contributed by atoms with van der Waals surface area (Å²) in [5.41, 5.74) is -0.101. The average Bonchev–Trinajstić information content (AvgIpc) is 2.41. The molecular weight excluding hydrogens is 290 g/mol. The molecule has 1 aromatic rings. The van der Waals surface area contributed by atoms with E-state index in [0.29, 0.717) is 11.3 Å². The molecule has 4 heteroatoms. The van der Waals surface area contributed by atoms with Crippen molar-refractivity contribution in [3.05, 3.63) is 29.3 Å². The lowest BCUT2D eigenvalue weighted by Gasteiger charge is -2.41. The fourth-order valence-corrected chi connectivity index (χ4v) is 4.54. The Hall–Kier alpha value is -0.220. The first kappa shape index (κ1) is 16.2. The molecule has 0 aromatic heterocycles. The summed E-state index contributed by atoms with van der Waals surface area (Å²) in [6.07, 6.45) is 4.48. The Balaban J connectivity index is 2.00. The van der Waals surface area contributed by atoms with Crippen LogP contribution in [0.1, 0.15) is 39.5 Å². The van der Waals surface area contributed by atoms with E-state index in [-0.39, 0.29) is 12.1 Å². The van der Waals surface area contributed by atoms with E-state index in [1.165, 1.54) is 17.7 Å². The highest BCUT2D eigenvalue weighted by Gasteiger charge is 2.36. The monoisotopic (exact) mass is 313 g/mol. The van der Waals surface area contributed by atoms with E-state index in [9.17, 15) is 5.11 Å². The highest BCUT2D eigenvalue weighted by Crippen LogP contribution is 2.38.